The lowest BCUT2D eigenvalue weighted by Crippen LogP contribution is -2.47. The SMILES string of the molecule is CC1(C)C(=O)N(c2ccc(C#N)c(C(F)(F)F)c2)C(=S)N1Cc1ccc(-n2cc(COCCOCCOCCOC(=O)CC34CC5CC(CC(C5)C3)C4)nn2)cc1. The van der Waals surface area contributed by atoms with Crippen LogP contribution in [0.3, 0.4) is 0 Å². The molecule has 8 rings (SSSR count). The summed E-state index contributed by atoms with van der Waals surface area (Å²) in [6, 6.07) is 12.0. The zero-order valence-electron chi connectivity index (χ0n) is 32.1. The van der Waals surface area contributed by atoms with Gasteiger partial charge in [0.15, 0.2) is 5.11 Å². The second-order valence-electron chi connectivity index (χ2n) is 16.3. The highest BCUT2D eigenvalue weighted by Crippen LogP contribution is 2.61. The lowest BCUT2D eigenvalue weighted by atomic mass is 9.49. The van der Waals surface area contributed by atoms with E-state index in [1.807, 2.05) is 24.3 Å². The van der Waals surface area contributed by atoms with E-state index >= 15 is 0 Å². The first-order chi connectivity index (χ1) is 27.2. The van der Waals surface area contributed by atoms with Crippen molar-refractivity contribution in [2.45, 2.75) is 83.7 Å². The first-order valence-electron chi connectivity index (χ1n) is 19.4. The highest BCUT2D eigenvalue weighted by molar-refractivity contribution is 7.80. The Balaban J connectivity index is 0.788. The molecule has 4 bridgehead atoms. The summed E-state index contributed by atoms with van der Waals surface area (Å²) in [6.07, 6.45) is 5.19. The predicted octanol–water partition coefficient (Wildman–Crippen LogP) is 6.77. The summed E-state index contributed by atoms with van der Waals surface area (Å²) >= 11 is 5.62. The number of nitrogens with zero attached hydrogens (tertiary/aromatic N) is 6. The fourth-order valence-corrected chi connectivity index (χ4v) is 9.94. The molecule has 1 aliphatic heterocycles. The van der Waals surface area contributed by atoms with Crippen LogP contribution in [-0.2, 0) is 47.9 Å². The Labute approximate surface area is 335 Å². The van der Waals surface area contributed by atoms with E-state index in [-0.39, 0.29) is 41.9 Å². The first kappa shape index (κ1) is 40.8. The van der Waals surface area contributed by atoms with Gasteiger partial charge in [-0.2, -0.15) is 18.4 Å². The minimum Gasteiger partial charge on any atom is -0.463 e. The van der Waals surface area contributed by atoms with E-state index in [0.717, 1.165) is 46.0 Å². The molecule has 16 heteroatoms. The molecule has 1 amide bonds. The number of esters is 1. The van der Waals surface area contributed by atoms with Gasteiger partial charge in [0.05, 0.1) is 80.8 Å². The molecule has 2 heterocycles. The minimum atomic E-state index is -4.78. The molecule has 304 valence electrons. The van der Waals surface area contributed by atoms with Gasteiger partial charge in [0.25, 0.3) is 5.91 Å². The van der Waals surface area contributed by atoms with Gasteiger partial charge < -0.3 is 23.8 Å². The smallest absolute Gasteiger partial charge is 0.417 e. The van der Waals surface area contributed by atoms with Crippen LogP contribution in [0.25, 0.3) is 5.69 Å². The number of hydrogen-bond donors (Lipinski definition) is 0. The number of hydrogen-bond acceptors (Lipinski definition) is 10. The molecule has 4 saturated carbocycles. The number of nitriles is 1. The fourth-order valence-electron chi connectivity index (χ4n) is 9.45. The highest BCUT2D eigenvalue weighted by atomic mass is 32.1. The average Bonchev–Trinajstić information content (AvgIpc) is 3.69. The summed E-state index contributed by atoms with van der Waals surface area (Å²) in [6.45, 7) is 5.90. The maximum Gasteiger partial charge on any atom is 0.417 e. The van der Waals surface area contributed by atoms with Crippen LogP contribution in [0, 0.1) is 34.5 Å². The van der Waals surface area contributed by atoms with Gasteiger partial charge in [0, 0.05) is 6.54 Å². The van der Waals surface area contributed by atoms with Gasteiger partial charge in [-0.05, 0) is 124 Å². The number of rotatable bonds is 17. The zero-order valence-corrected chi connectivity index (χ0v) is 32.9. The Morgan fingerprint density at radius 2 is 1.51 bits per heavy atom. The Kier molecular flexibility index (Phi) is 12.0. The van der Waals surface area contributed by atoms with Gasteiger partial charge in [-0.1, -0.05) is 17.3 Å². The van der Waals surface area contributed by atoms with Crippen LogP contribution in [0.15, 0.2) is 48.7 Å². The molecule has 5 aliphatic rings. The van der Waals surface area contributed by atoms with E-state index in [0.29, 0.717) is 45.1 Å². The molecular formula is C41H47F3N6O6S. The molecule has 3 aromatic rings. The van der Waals surface area contributed by atoms with Crippen molar-refractivity contribution in [1.82, 2.24) is 19.9 Å². The topological polar surface area (TPSA) is 132 Å². The van der Waals surface area contributed by atoms with Crippen LogP contribution in [-0.4, -0.2) is 82.1 Å². The van der Waals surface area contributed by atoms with Crippen molar-refractivity contribution in [3.8, 4) is 11.8 Å². The van der Waals surface area contributed by atoms with Crippen LogP contribution >= 0.6 is 12.2 Å². The molecule has 0 spiro atoms. The van der Waals surface area contributed by atoms with E-state index in [9.17, 15) is 28.0 Å². The molecule has 57 heavy (non-hydrogen) atoms. The highest BCUT2D eigenvalue weighted by Gasteiger charge is 2.52. The van der Waals surface area contributed by atoms with Gasteiger partial charge in [0.2, 0.25) is 0 Å². The molecule has 0 radical (unpaired) electrons. The maximum atomic E-state index is 13.7. The molecule has 0 unspecified atom stereocenters. The number of benzene rings is 2. The normalized spacial score (nSPS) is 23.7. The monoisotopic (exact) mass is 808 g/mol. The third-order valence-electron chi connectivity index (χ3n) is 11.8. The standard InChI is InChI=1S/C41H47F3N6O6S/c1-39(2)37(52)50(34-8-5-31(23-45)35(18-34)41(42,43)44)38(57)48(39)24-27-3-6-33(7-4-27)49-25-32(46-47-49)26-55-12-11-53-9-10-54-13-14-56-36(51)22-40-19-28-15-29(20-40)17-30(16-28)21-40/h3-8,18,25,28-30H,9-17,19-22,24,26H2,1-2H3. The largest absolute Gasteiger partial charge is 0.463 e. The summed E-state index contributed by atoms with van der Waals surface area (Å²) < 4.78 is 64.9. The number of alkyl halides is 3. The maximum absolute atomic E-state index is 13.7. The average molecular weight is 809 g/mol. The number of carbonyl (C=O) groups excluding carboxylic acids is 2. The Morgan fingerprint density at radius 3 is 2.12 bits per heavy atom. The molecular weight excluding hydrogens is 762 g/mol. The lowest BCUT2D eigenvalue weighted by molar-refractivity contribution is -0.153. The number of thiocarbonyl (C=S) groups is 1. The number of halogens is 3. The number of amides is 1. The summed E-state index contributed by atoms with van der Waals surface area (Å²) in [4.78, 5) is 28.8. The van der Waals surface area contributed by atoms with Crippen LogP contribution in [0.4, 0.5) is 18.9 Å². The van der Waals surface area contributed by atoms with Crippen molar-refractivity contribution < 1.29 is 41.7 Å². The van der Waals surface area contributed by atoms with E-state index in [4.69, 9.17) is 31.2 Å². The van der Waals surface area contributed by atoms with Crippen molar-refractivity contribution in [3.05, 3.63) is 71.0 Å². The molecule has 12 nitrogen and oxygen atoms in total. The van der Waals surface area contributed by atoms with Crippen LogP contribution in [0.1, 0.15) is 81.2 Å². The van der Waals surface area contributed by atoms with E-state index in [2.05, 4.69) is 10.3 Å². The van der Waals surface area contributed by atoms with Gasteiger partial charge in [0.1, 0.15) is 17.8 Å². The van der Waals surface area contributed by atoms with Crippen molar-refractivity contribution in [2.24, 2.45) is 23.2 Å². The number of carbonyl (C=O) groups is 2. The van der Waals surface area contributed by atoms with Crippen molar-refractivity contribution in [2.75, 3.05) is 44.5 Å². The molecule has 0 atom stereocenters. The van der Waals surface area contributed by atoms with Crippen molar-refractivity contribution in [1.29, 1.82) is 5.26 Å². The van der Waals surface area contributed by atoms with Crippen molar-refractivity contribution in [3.63, 3.8) is 0 Å². The van der Waals surface area contributed by atoms with E-state index < -0.39 is 28.7 Å². The number of ether oxygens (including phenoxy) is 4. The molecule has 2 aromatic carbocycles. The first-order valence-corrected chi connectivity index (χ1v) is 19.8. The molecule has 0 N–H and O–H groups in total. The Hall–Kier alpha value is -4.43. The van der Waals surface area contributed by atoms with Gasteiger partial charge in [-0.3, -0.25) is 14.5 Å². The minimum absolute atomic E-state index is 0.0563. The van der Waals surface area contributed by atoms with Crippen LogP contribution in [0.5, 0.6) is 0 Å². The third kappa shape index (κ3) is 9.17. The van der Waals surface area contributed by atoms with Gasteiger partial charge in [-0.15, -0.1) is 5.10 Å². The molecule has 1 aromatic heterocycles. The molecule has 4 aliphatic carbocycles. The van der Waals surface area contributed by atoms with Crippen LogP contribution < -0.4 is 4.90 Å². The summed E-state index contributed by atoms with van der Waals surface area (Å²) in [5.41, 5.74) is -0.524. The van der Waals surface area contributed by atoms with Gasteiger partial charge >= 0.3 is 12.1 Å². The number of aromatic nitrogens is 3. The lowest BCUT2D eigenvalue weighted by Gasteiger charge is -2.56. The third-order valence-corrected chi connectivity index (χ3v) is 12.2. The Morgan fingerprint density at radius 1 is 0.912 bits per heavy atom. The molecule has 1 saturated heterocycles. The number of anilines is 1. The second-order valence-corrected chi connectivity index (χ2v) is 16.7. The quantitative estimate of drug-likeness (QED) is 0.0814. The Bertz CT molecular complexity index is 1960. The summed E-state index contributed by atoms with van der Waals surface area (Å²) in [7, 11) is 0. The zero-order chi connectivity index (χ0) is 40.4. The summed E-state index contributed by atoms with van der Waals surface area (Å²) in [5.74, 6) is 1.88. The van der Waals surface area contributed by atoms with Gasteiger partial charge in [-0.25, -0.2) is 4.68 Å². The molecule has 5 fully saturated rings. The fraction of sp³-hybridized carbons (Fsp3) is 0.561. The predicted molar refractivity (Wildman–Crippen MR) is 205 cm³/mol. The second kappa shape index (κ2) is 16.8. The van der Waals surface area contributed by atoms with Crippen molar-refractivity contribution >= 4 is 34.9 Å². The summed E-state index contributed by atoms with van der Waals surface area (Å²) in [5, 5.41) is 17.6. The van der Waals surface area contributed by atoms with E-state index in [1.54, 1.807) is 35.7 Å². The van der Waals surface area contributed by atoms with E-state index in [1.165, 1.54) is 44.6 Å². The van der Waals surface area contributed by atoms with Crippen LogP contribution in [0.2, 0.25) is 0 Å².